The van der Waals surface area contributed by atoms with E-state index in [2.05, 4.69) is 15.9 Å². The lowest BCUT2D eigenvalue weighted by atomic mass is 10.1. The van der Waals surface area contributed by atoms with Crippen molar-refractivity contribution in [1.82, 2.24) is 0 Å². The van der Waals surface area contributed by atoms with Crippen LogP contribution in [0.4, 0.5) is 0 Å². The molecular weight excluding hydrogens is 286 g/mol. The second kappa shape index (κ2) is 6.42. The number of aldehydes is 1. The molecule has 0 radical (unpaired) electrons. The highest BCUT2D eigenvalue weighted by Crippen LogP contribution is 2.39. The monoisotopic (exact) mass is 299 g/mol. The molecule has 0 atom stereocenters. The number of rotatable bonds is 5. The van der Waals surface area contributed by atoms with E-state index in [1.165, 1.54) is 14.2 Å². The fourth-order valence-corrected chi connectivity index (χ4v) is 2.04. The van der Waals surface area contributed by atoms with Gasteiger partial charge in [0.05, 0.1) is 19.8 Å². The molecule has 0 bridgehead atoms. The number of nitrogens with two attached hydrogens (primary N) is 1. The maximum atomic E-state index is 10.9. The Balaban J connectivity index is 3.48. The molecular formula is C12H14BrNO3. The standard InChI is InChI=1S/C12H14BrNO3/c1-16-11-8(7-15)6-10(13)9(4-3-5-14)12(11)17-2/h3-4,6-7H,5,14H2,1-2H3/b4-3+. The van der Waals surface area contributed by atoms with E-state index >= 15 is 0 Å². The molecule has 0 aliphatic carbocycles. The Kier molecular flexibility index (Phi) is 5.18. The average Bonchev–Trinajstić information content (AvgIpc) is 2.35. The van der Waals surface area contributed by atoms with Crippen LogP contribution in [0, 0.1) is 0 Å². The minimum absolute atomic E-state index is 0.419. The van der Waals surface area contributed by atoms with Crippen molar-refractivity contribution in [3.63, 3.8) is 0 Å². The number of carbonyl (C=O) groups is 1. The Morgan fingerprint density at radius 1 is 1.35 bits per heavy atom. The van der Waals surface area contributed by atoms with E-state index < -0.39 is 0 Å². The lowest BCUT2D eigenvalue weighted by Crippen LogP contribution is -1.99. The fourth-order valence-electron chi connectivity index (χ4n) is 1.48. The summed E-state index contributed by atoms with van der Waals surface area (Å²) in [5.74, 6) is 0.927. The van der Waals surface area contributed by atoms with Crippen molar-refractivity contribution in [3.05, 3.63) is 27.7 Å². The molecule has 0 unspecified atom stereocenters. The number of halogens is 1. The highest BCUT2D eigenvalue weighted by atomic mass is 79.9. The molecule has 0 aromatic heterocycles. The molecule has 0 aliphatic rings. The van der Waals surface area contributed by atoms with E-state index in [1.54, 1.807) is 12.1 Å². The third-order valence-corrected chi connectivity index (χ3v) is 2.86. The van der Waals surface area contributed by atoms with Crippen molar-refractivity contribution in [3.8, 4) is 11.5 Å². The van der Waals surface area contributed by atoms with Gasteiger partial charge in [-0.3, -0.25) is 4.79 Å². The number of benzene rings is 1. The van der Waals surface area contributed by atoms with Crippen molar-refractivity contribution in [2.75, 3.05) is 20.8 Å². The third kappa shape index (κ3) is 2.87. The normalized spacial score (nSPS) is 10.6. The van der Waals surface area contributed by atoms with Crippen LogP contribution in [-0.2, 0) is 0 Å². The number of hydrogen-bond acceptors (Lipinski definition) is 4. The Bertz CT molecular complexity index is 444. The molecule has 0 fully saturated rings. The molecule has 0 spiro atoms. The van der Waals surface area contributed by atoms with Gasteiger partial charge in [-0.15, -0.1) is 0 Å². The Morgan fingerprint density at radius 3 is 2.47 bits per heavy atom. The highest BCUT2D eigenvalue weighted by Gasteiger charge is 2.16. The van der Waals surface area contributed by atoms with Crippen LogP contribution in [0.5, 0.6) is 11.5 Å². The van der Waals surface area contributed by atoms with Crippen molar-refractivity contribution >= 4 is 28.3 Å². The van der Waals surface area contributed by atoms with Crippen LogP contribution >= 0.6 is 15.9 Å². The summed E-state index contributed by atoms with van der Waals surface area (Å²) in [5, 5.41) is 0. The zero-order chi connectivity index (χ0) is 12.8. The van der Waals surface area contributed by atoms with E-state index in [-0.39, 0.29) is 0 Å². The van der Waals surface area contributed by atoms with Gasteiger partial charge in [-0.05, 0) is 6.07 Å². The molecule has 0 saturated carbocycles. The molecule has 0 aliphatic heterocycles. The van der Waals surface area contributed by atoms with Gasteiger partial charge in [-0.25, -0.2) is 0 Å². The van der Waals surface area contributed by atoms with Crippen LogP contribution in [0.3, 0.4) is 0 Å². The van der Waals surface area contributed by atoms with Crippen LogP contribution in [-0.4, -0.2) is 27.1 Å². The highest BCUT2D eigenvalue weighted by molar-refractivity contribution is 9.10. The summed E-state index contributed by atoms with van der Waals surface area (Å²) < 4.78 is 11.2. The molecule has 0 amide bonds. The lowest BCUT2D eigenvalue weighted by molar-refractivity contribution is 0.112. The molecule has 1 aromatic carbocycles. The predicted molar refractivity (Wildman–Crippen MR) is 70.7 cm³/mol. The second-order valence-corrected chi connectivity index (χ2v) is 4.04. The fraction of sp³-hybridized carbons (Fsp3) is 0.250. The first-order valence-corrected chi connectivity index (χ1v) is 5.75. The summed E-state index contributed by atoms with van der Waals surface area (Å²) in [6.45, 7) is 0.424. The number of methoxy groups -OCH3 is 2. The molecule has 0 saturated heterocycles. The van der Waals surface area contributed by atoms with Crippen molar-refractivity contribution in [1.29, 1.82) is 0 Å². The van der Waals surface area contributed by atoms with Gasteiger partial charge >= 0.3 is 0 Å². The van der Waals surface area contributed by atoms with Crippen LogP contribution in [0.15, 0.2) is 16.6 Å². The molecule has 92 valence electrons. The number of ether oxygens (including phenoxy) is 2. The molecule has 2 N–H and O–H groups in total. The lowest BCUT2D eigenvalue weighted by Gasteiger charge is -2.14. The van der Waals surface area contributed by atoms with Gasteiger partial charge in [0.25, 0.3) is 0 Å². The molecule has 5 heteroatoms. The van der Waals surface area contributed by atoms with E-state index in [0.29, 0.717) is 23.6 Å². The van der Waals surface area contributed by atoms with Crippen LogP contribution in [0.1, 0.15) is 15.9 Å². The predicted octanol–water partition coefficient (Wildman–Crippen LogP) is 2.25. The Morgan fingerprint density at radius 2 is 2.00 bits per heavy atom. The number of carbonyl (C=O) groups excluding carboxylic acids is 1. The van der Waals surface area contributed by atoms with Crippen molar-refractivity contribution < 1.29 is 14.3 Å². The van der Waals surface area contributed by atoms with Gasteiger partial charge in [0.1, 0.15) is 0 Å². The van der Waals surface area contributed by atoms with Gasteiger partial charge in [0, 0.05) is 16.6 Å². The van der Waals surface area contributed by atoms with Gasteiger partial charge in [-0.2, -0.15) is 0 Å². The Hall–Kier alpha value is -1.33. The number of hydrogen-bond donors (Lipinski definition) is 1. The first-order chi connectivity index (χ1) is 8.19. The van der Waals surface area contributed by atoms with Gasteiger partial charge < -0.3 is 15.2 Å². The molecule has 0 heterocycles. The Labute approximate surface area is 109 Å². The van der Waals surface area contributed by atoms with Crippen molar-refractivity contribution in [2.45, 2.75) is 0 Å². The van der Waals surface area contributed by atoms with E-state index in [4.69, 9.17) is 15.2 Å². The summed E-state index contributed by atoms with van der Waals surface area (Å²) in [6.07, 6.45) is 4.34. The second-order valence-electron chi connectivity index (χ2n) is 3.18. The first-order valence-electron chi connectivity index (χ1n) is 4.95. The summed E-state index contributed by atoms with van der Waals surface area (Å²) in [5.41, 5.74) is 6.64. The van der Waals surface area contributed by atoms with Crippen LogP contribution < -0.4 is 15.2 Å². The quantitative estimate of drug-likeness (QED) is 0.847. The van der Waals surface area contributed by atoms with Crippen LogP contribution in [0.25, 0.3) is 6.08 Å². The van der Waals surface area contributed by atoms with Crippen molar-refractivity contribution in [2.24, 2.45) is 5.73 Å². The minimum atomic E-state index is 0.419. The SMILES string of the molecule is COc1c(C=O)cc(Br)c(/C=C/CN)c1OC. The topological polar surface area (TPSA) is 61.5 Å². The largest absolute Gasteiger partial charge is 0.492 e. The van der Waals surface area contributed by atoms with Gasteiger partial charge in [0.15, 0.2) is 17.8 Å². The summed E-state index contributed by atoms with van der Waals surface area (Å²) >= 11 is 3.39. The minimum Gasteiger partial charge on any atom is -0.492 e. The van der Waals surface area contributed by atoms with E-state index in [9.17, 15) is 4.79 Å². The molecule has 1 aromatic rings. The van der Waals surface area contributed by atoms with E-state index in [1.807, 2.05) is 6.08 Å². The maximum Gasteiger partial charge on any atom is 0.171 e. The summed E-state index contributed by atoms with van der Waals surface area (Å²) in [6, 6.07) is 1.69. The first kappa shape index (κ1) is 13.7. The van der Waals surface area contributed by atoms with Gasteiger partial charge in [-0.1, -0.05) is 28.1 Å². The molecule has 1 rings (SSSR count). The van der Waals surface area contributed by atoms with E-state index in [0.717, 1.165) is 16.3 Å². The average molecular weight is 300 g/mol. The smallest absolute Gasteiger partial charge is 0.171 e. The zero-order valence-electron chi connectivity index (χ0n) is 9.70. The maximum absolute atomic E-state index is 10.9. The third-order valence-electron chi connectivity index (χ3n) is 2.21. The summed E-state index contributed by atoms with van der Waals surface area (Å²) in [7, 11) is 3.02. The van der Waals surface area contributed by atoms with Crippen LogP contribution in [0.2, 0.25) is 0 Å². The molecule has 4 nitrogen and oxygen atoms in total. The zero-order valence-corrected chi connectivity index (χ0v) is 11.3. The summed E-state index contributed by atoms with van der Waals surface area (Å²) in [4.78, 5) is 10.9. The van der Waals surface area contributed by atoms with Gasteiger partial charge in [0.2, 0.25) is 0 Å². The molecule has 17 heavy (non-hydrogen) atoms.